The predicted molar refractivity (Wildman–Crippen MR) is 188 cm³/mol. The van der Waals surface area contributed by atoms with E-state index in [-0.39, 0.29) is 35.9 Å². The Morgan fingerprint density at radius 2 is 1.71 bits per heavy atom. The van der Waals surface area contributed by atoms with Crippen LogP contribution in [0.3, 0.4) is 0 Å². The summed E-state index contributed by atoms with van der Waals surface area (Å²) in [6.45, 7) is 8.08. The predicted octanol–water partition coefficient (Wildman–Crippen LogP) is 5.88. The Hall–Kier alpha value is -4.26. The Balaban J connectivity index is 1.61. The maximum absolute atomic E-state index is 13.9. The van der Waals surface area contributed by atoms with Crippen molar-refractivity contribution >= 4 is 48.6 Å². The van der Waals surface area contributed by atoms with Gasteiger partial charge in [-0.1, -0.05) is 44.3 Å². The van der Waals surface area contributed by atoms with E-state index in [4.69, 9.17) is 36.3 Å². The van der Waals surface area contributed by atoms with E-state index in [9.17, 15) is 14.4 Å². The second-order valence-corrected chi connectivity index (χ2v) is 13.2. The van der Waals surface area contributed by atoms with Gasteiger partial charge in [0, 0.05) is 36.6 Å². The Morgan fingerprint density at radius 1 is 1.04 bits per heavy atom. The number of carbonyl (C=O) groups excluding carboxylic acids is 3. The molecule has 1 aliphatic heterocycles. The first-order valence-corrected chi connectivity index (χ1v) is 16.6. The fourth-order valence-corrected chi connectivity index (χ4v) is 7.85. The molecule has 1 aromatic heterocycles. The van der Waals surface area contributed by atoms with Gasteiger partial charge in [0.25, 0.3) is 5.24 Å². The lowest BCUT2D eigenvalue weighted by Crippen LogP contribution is -2.56. The molecule has 260 valence electrons. The number of rotatable bonds is 8. The summed E-state index contributed by atoms with van der Waals surface area (Å²) in [6, 6.07) is 11.0. The highest BCUT2D eigenvalue weighted by atomic mass is 32.1. The molecule has 49 heavy (non-hydrogen) atoms. The van der Waals surface area contributed by atoms with Crippen molar-refractivity contribution in [2.24, 2.45) is 11.8 Å². The van der Waals surface area contributed by atoms with Crippen molar-refractivity contribution < 1.29 is 42.8 Å². The molecule has 0 spiro atoms. The summed E-state index contributed by atoms with van der Waals surface area (Å²) in [5.74, 6) is -1.35. The zero-order valence-electron chi connectivity index (χ0n) is 28.7. The monoisotopic (exact) mass is 690 g/mol. The molecule has 1 fully saturated rings. The van der Waals surface area contributed by atoms with Crippen molar-refractivity contribution in [1.82, 2.24) is 9.88 Å². The van der Waals surface area contributed by atoms with Crippen molar-refractivity contribution in [2.45, 2.75) is 56.6 Å². The number of nitrogens with one attached hydrogen (secondary N) is 1. The molecular weight excluding hydrogens is 647 g/mol. The quantitative estimate of drug-likeness (QED) is 0.129. The van der Waals surface area contributed by atoms with Crippen molar-refractivity contribution in [3.63, 3.8) is 0 Å². The molecule has 11 nitrogen and oxygen atoms in total. The van der Waals surface area contributed by atoms with E-state index in [2.05, 4.69) is 37.2 Å². The number of hydrogen-bond donors (Lipinski definition) is 2. The Bertz CT molecular complexity index is 1720. The lowest BCUT2D eigenvalue weighted by Gasteiger charge is -2.54. The molecule has 3 aromatic rings. The van der Waals surface area contributed by atoms with Gasteiger partial charge in [-0.15, -0.1) is 0 Å². The lowest BCUT2D eigenvalue weighted by molar-refractivity contribution is -0.167. The third kappa shape index (κ3) is 7.08. The number of amides is 1. The largest absolute Gasteiger partial charge is 0.501 e. The van der Waals surface area contributed by atoms with E-state index in [1.54, 1.807) is 4.90 Å². The van der Waals surface area contributed by atoms with Crippen LogP contribution in [0.4, 0.5) is 4.79 Å². The Kier molecular flexibility index (Phi) is 10.8. The molecule has 1 aliphatic carbocycles. The van der Waals surface area contributed by atoms with Gasteiger partial charge in [0.15, 0.2) is 11.5 Å². The second-order valence-electron chi connectivity index (χ2n) is 12.8. The fourth-order valence-electron chi connectivity index (χ4n) is 7.67. The number of aromatic amines is 1. The van der Waals surface area contributed by atoms with Crippen LogP contribution in [0.25, 0.3) is 10.9 Å². The van der Waals surface area contributed by atoms with E-state index in [1.807, 2.05) is 18.2 Å². The third-order valence-corrected chi connectivity index (χ3v) is 10.2. The lowest BCUT2D eigenvalue weighted by atomic mass is 9.48. The van der Waals surface area contributed by atoms with Gasteiger partial charge in [-0.05, 0) is 60.2 Å². The van der Waals surface area contributed by atoms with Gasteiger partial charge in [0.1, 0.15) is 12.2 Å². The normalized spacial score (nSPS) is 25.3. The summed E-state index contributed by atoms with van der Waals surface area (Å²) >= 11 is 4.24. The van der Waals surface area contributed by atoms with Gasteiger partial charge in [-0.25, -0.2) is 4.79 Å². The SMILES string of the molecule is [B]C12CC(OC(=O)c3cc(OC)c(OC)c(OC)c3)C(OC(C)=O)C(C(=C)OC)C1CC(C)c1[nH]c3ccccc3c1CCN(C(=O)S)C2. The molecule has 2 aliphatic rings. The number of methoxy groups -OCH3 is 4. The minimum absolute atomic E-state index is 0.0305. The molecule has 2 heterocycles. The van der Waals surface area contributed by atoms with Crippen LogP contribution < -0.4 is 14.2 Å². The molecule has 1 saturated carbocycles. The second kappa shape index (κ2) is 14.7. The van der Waals surface area contributed by atoms with Crippen LogP contribution in [0, 0.1) is 11.8 Å². The van der Waals surface area contributed by atoms with Crippen molar-refractivity contribution in [3.8, 4) is 17.2 Å². The standard InChI is InChI=1S/C36H43BN2O9S/c1-19-14-25-30(20(2)43-4)33(47-21(3)40)29(48-34(41)22-15-27(44-5)32(46-7)28(16-22)45-6)17-36(25,37)18-39(35(42)49)13-12-24-23-10-8-9-11-26(23)38-31(19)24/h8-11,15-16,19,25,29-30,33,38H,2,12-14,17-18H2,1,3-7H3,(H,42,49). The zero-order valence-corrected chi connectivity index (χ0v) is 29.6. The first-order chi connectivity index (χ1) is 23.3. The smallest absolute Gasteiger partial charge is 0.338 e. The molecule has 0 bridgehead atoms. The first-order valence-electron chi connectivity index (χ1n) is 16.1. The summed E-state index contributed by atoms with van der Waals surface area (Å²) in [6.07, 6.45) is -0.894. The topological polar surface area (TPSA) is 126 Å². The number of para-hydroxylation sites is 1. The summed E-state index contributed by atoms with van der Waals surface area (Å²) in [4.78, 5) is 44.8. The van der Waals surface area contributed by atoms with E-state index in [0.29, 0.717) is 30.9 Å². The van der Waals surface area contributed by atoms with Crippen molar-refractivity contribution in [1.29, 1.82) is 0 Å². The van der Waals surface area contributed by atoms with E-state index >= 15 is 0 Å². The number of hydrogen-bond acceptors (Lipinski definition) is 9. The highest BCUT2D eigenvalue weighted by Crippen LogP contribution is 2.56. The molecule has 13 heteroatoms. The average Bonchev–Trinajstić information content (AvgIpc) is 3.45. The molecule has 0 saturated heterocycles. The van der Waals surface area contributed by atoms with Gasteiger partial charge in [0.2, 0.25) is 5.75 Å². The van der Waals surface area contributed by atoms with Crippen LogP contribution >= 0.6 is 12.6 Å². The summed E-state index contributed by atoms with van der Waals surface area (Å²) in [7, 11) is 13.3. The fraction of sp³-hybridized carbons (Fsp3) is 0.472. The molecule has 1 amide bonds. The summed E-state index contributed by atoms with van der Waals surface area (Å²) in [5, 5.41) is -0.499. The number of ether oxygens (including phenoxy) is 6. The highest BCUT2D eigenvalue weighted by molar-refractivity contribution is 7.96. The van der Waals surface area contributed by atoms with Crippen LogP contribution in [0.15, 0.2) is 48.7 Å². The third-order valence-electron chi connectivity index (χ3n) is 9.90. The number of aromatic nitrogens is 1. The van der Waals surface area contributed by atoms with E-state index < -0.39 is 46.5 Å². The van der Waals surface area contributed by atoms with Gasteiger partial charge >= 0.3 is 11.9 Å². The maximum atomic E-state index is 13.9. The Labute approximate surface area is 293 Å². The van der Waals surface area contributed by atoms with E-state index in [1.165, 1.54) is 47.5 Å². The molecule has 2 radical (unpaired) electrons. The number of benzene rings is 2. The Morgan fingerprint density at radius 3 is 2.31 bits per heavy atom. The van der Waals surface area contributed by atoms with Gasteiger partial charge in [-0.3, -0.25) is 9.59 Å². The number of esters is 2. The number of fused-ring (bicyclic) bond motifs is 4. The summed E-state index contributed by atoms with van der Waals surface area (Å²) in [5.41, 5.74) is 3.28. The average molecular weight is 691 g/mol. The highest BCUT2D eigenvalue weighted by Gasteiger charge is 2.56. The molecule has 6 unspecified atom stereocenters. The number of carbonyl (C=O) groups is 3. The molecule has 2 aromatic carbocycles. The van der Waals surface area contributed by atoms with Crippen LogP contribution in [0.1, 0.15) is 54.2 Å². The maximum Gasteiger partial charge on any atom is 0.338 e. The zero-order chi connectivity index (χ0) is 35.6. The van der Waals surface area contributed by atoms with Crippen molar-refractivity contribution in [3.05, 3.63) is 65.6 Å². The van der Waals surface area contributed by atoms with Gasteiger partial charge in [-0.2, -0.15) is 0 Å². The first kappa shape index (κ1) is 36.0. The molecule has 6 atom stereocenters. The van der Waals surface area contributed by atoms with Crippen LogP contribution in [0.2, 0.25) is 5.31 Å². The molecular formula is C36H43BN2O9S. The van der Waals surface area contributed by atoms with E-state index in [0.717, 1.165) is 22.2 Å². The minimum Gasteiger partial charge on any atom is -0.501 e. The molecule has 5 rings (SSSR count). The number of H-pyrrole nitrogens is 1. The molecule has 1 N–H and O–H groups in total. The minimum atomic E-state index is -1.15. The summed E-state index contributed by atoms with van der Waals surface area (Å²) < 4.78 is 34.2. The van der Waals surface area contributed by atoms with Gasteiger partial charge in [0.05, 0.1) is 53.5 Å². The van der Waals surface area contributed by atoms with Gasteiger partial charge < -0.3 is 38.3 Å². The number of thiol groups is 1. The van der Waals surface area contributed by atoms with Crippen LogP contribution in [-0.2, 0) is 25.4 Å². The van der Waals surface area contributed by atoms with Crippen molar-refractivity contribution in [2.75, 3.05) is 41.5 Å². The van der Waals surface area contributed by atoms with Crippen LogP contribution in [0.5, 0.6) is 17.2 Å². The van der Waals surface area contributed by atoms with Crippen LogP contribution in [-0.4, -0.2) is 88.6 Å². The number of nitrogens with zero attached hydrogens (tertiary/aromatic N) is 1.